The van der Waals surface area contributed by atoms with E-state index in [0.717, 1.165) is 22.5 Å². The molecule has 1 aromatic heterocycles. The van der Waals surface area contributed by atoms with Crippen molar-refractivity contribution in [3.63, 3.8) is 0 Å². The summed E-state index contributed by atoms with van der Waals surface area (Å²) in [7, 11) is 0. The number of thioether (sulfide) groups is 1. The molecule has 2 N–H and O–H groups in total. The van der Waals surface area contributed by atoms with Crippen LogP contribution in [0.25, 0.3) is 0 Å². The Kier molecular flexibility index (Phi) is 7.58. The number of rotatable bonds is 9. The Hall–Kier alpha value is -1.54. The predicted molar refractivity (Wildman–Crippen MR) is 103 cm³/mol. The molecule has 0 saturated carbocycles. The van der Waals surface area contributed by atoms with Crippen LogP contribution >= 0.6 is 27.7 Å². The van der Waals surface area contributed by atoms with Gasteiger partial charge in [-0.05, 0) is 45.0 Å². The van der Waals surface area contributed by atoms with Gasteiger partial charge in [-0.2, -0.15) is 15.0 Å². The molecule has 0 unspecified atom stereocenters. The van der Waals surface area contributed by atoms with E-state index in [-0.39, 0.29) is 6.04 Å². The lowest BCUT2D eigenvalue weighted by molar-refractivity contribution is 0.344. The number of benzene rings is 1. The lowest BCUT2D eigenvalue weighted by Gasteiger charge is -2.11. The Morgan fingerprint density at radius 2 is 1.83 bits per heavy atom. The van der Waals surface area contributed by atoms with Gasteiger partial charge in [-0.3, -0.25) is 0 Å². The minimum Gasteiger partial charge on any atom is -0.493 e. The number of nitrogens with zero attached hydrogens (tertiary/aromatic N) is 3. The first-order chi connectivity index (χ1) is 11.6. The van der Waals surface area contributed by atoms with Crippen LogP contribution < -0.4 is 15.4 Å². The lowest BCUT2D eigenvalue weighted by Crippen LogP contribution is -2.15. The van der Waals surface area contributed by atoms with Crippen molar-refractivity contribution in [2.45, 2.75) is 32.0 Å². The minimum atomic E-state index is 0.264. The lowest BCUT2D eigenvalue weighted by atomic mass is 10.3. The second kappa shape index (κ2) is 9.68. The van der Waals surface area contributed by atoms with Gasteiger partial charge in [0, 0.05) is 22.8 Å². The van der Waals surface area contributed by atoms with Crippen molar-refractivity contribution < 1.29 is 4.74 Å². The van der Waals surface area contributed by atoms with E-state index < -0.39 is 0 Å². The zero-order chi connectivity index (χ0) is 17.4. The molecule has 0 aliphatic heterocycles. The molecule has 1 heterocycles. The van der Waals surface area contributed by atoms with E-state index in [2.05, 4.69) is 55.4 Å². The molecule has 6 nitrogen and oxygen atoms in total. The van der Waals surface area contributed by atoms with Gasteiger partial charge >= 0.3 is 0 Å². The van der Waals surface area contributed by atoms with Crippen molar-refractivity contribution in [3.05, 3.63) is 28.7 Å². The summed E-state index contributed by atoms with van der Waals surface area (Å²) >= 11 is 4.95. The van der Waals surface area contributed by atoms with Gasteiger partial charge in [0.1, 0.15) is 5.75 Å². The molecule has 2 aromatic rings. The maximum atomic E-state index is 5.71. The number of anilines is 2. The normalized spacial score (nSPS) is 10.7. The minimum absolute atomic E-state index is 0.264. The maximum absolute atomic E-state index is 5.71. The van der Waals surface area contributed by atoms with Gasteiger partial charge in [0.2, 0.25) is 11.9 Å². The summed E-state index contributed by atoms with van der Waals surface area (Å²) in [6.07, 6.45) is 0. The molecule has 0 atom stereocenters. The highest BCUT2D eigenvalue weighted by atomic mass is 79.9. The quantitative estimate of drug-likeness (QED) is 0.475. The molecular formula is C16H22BrN5OS. The highest BCUT2D eigenvalue weighted by Gasteiger charge is 2.08. The fourth-order valence-electron chi connectivity index (χ4n) is 1.80. The van der Waals surface area contributed by atoms with Crippen LogP contribution in [0.3, 0.4) is 0 Å². The topological polar surface area (TPSA) is 72.0 Å². The van der Waals surface area contributed by atoms with E-state index in [1.165, 1.54) is 0 Å². The summed E-state index contributed by atoms with van der Waals surface area (Å²) in [5, 5.41) is 7.03. The van der Waals surface area contributed by atoms with Crippen molar-refractivity contribution in [2.24, 2.45) is 0 Å². The van der Waals surface area contributed by atoms with E-state index in [0.29, 0.717) is 23.7 Å². The molecule has 0 saturated heterocycles. The first kappa shape index (κ1) is 18.8. The average Bonchev–Trinajstić information content (AvgIpc) is 2.53. The third kappa shape index (κ3) is 6.52. The first-order valence-electron chi connectivity index (χ1n) is 7.84. The fraction of sp³-hybridized carbons (Fsp3) is 0.438. The standard InChI is InChI=1S/C16H22BrN5OS/c1-4-18-14-20-15(19-11(2)3)22-16(21-14)24-10-9-23-13-7-5-12(17)6-8-13/h5-8,11H,4,9-10H2,1-3H3,(H2,18,19,20,21,22). The number of ether oxygens (including phenoxy) is 1. The highest BCUT2D eigenvalue weighted by molar-refractivity contribution is 9.10. The molecule has 130 valence electrons. The average molecular weight is 412 g/mol. The van der Waals surface area contributed by atoms with E-state index in [4.69, 9.17) is 4.74 Å². The van der Waals surface area contributed by atoms with Gasteiger partial charge in [0.25, 0.3) is 0 Å². The molecule has 8 heteroatoms. The third-order valence-electron chi connectivity index (χ3n) is 2.76. The van der Waals surface area contributed by atoms with Crippen LogP contribution in [-0.2, 0) is 0 Å². The molecule has 1 aromatic carbocycles. The zero-order valence-corrected chi connectivity index (χ0v) is 16.4. The molecule has 0 radical (unpaired) electrons. The van der Waals surface area contributed by atoms with Crippen LogP contribution in [0.2, 0.25) is 0 Å². The summed E-state index contributed by atoms with van der Waals surface area (Å²) in [4.78, 5) is 13.2. The van der Waals surface area contributed by atoms with Crippen LogP contribution in [0.4, 0.5) is 11.9 Å². The van der Waals surface area contributed by atoms with Crippen LogP contribution in [-0.4, -0.2) is 39.9 Å². The van der Waals surface area contributed by atoms with E-state index in [9.17, 15) is 0 Å². The van der Waals surface area contributed by atoms with Gasteiger partial charge in [0.05, 0.1) is 6.61 Å². The number of hydrogen-bond donors (Lipinski definition) is 2. The van der Waals surface area contributed by atoms with Crippen molar-refractivity contribution in [1.82, 2.24) is 15.0 Å². The van der Waals surface area contributed by atoms with Gasteiger partial charge in [0.15, 0.2) is 5.16 Å². The van der Waals surface area contributed by atoms with Gasteiger partial charge in [-0.15, -0.1) is 0 Å². The molecule has 0 fully saturated rings. The Morgan fingerprint density at radius 3 is 2.50 bits per heavy atom. The first-order valence-corrected chi connectivity index (χ1v) is 9.62. The predicted octanol–water partition coefficient (Wildman–Crippen LogP) is 4.06. The molecule has 0 bridgehead atoms. The Labute approximate surface area is 155 Å². The Bertz CT molecular complexity index is 639. The van der Waals surface area contributed by atoms with E-state index >= 15 is 0 Å². The highest BCUT2D eigenvalue weighted by Crippen LogP contribution is 2.19. The van der Waals surface area contributed by atoms with E-state index in [1.807, 2.05) is 31.2 Å². The Morgan fingerprint density at radius 1 is 1.12 bits per heavy atom. The van der Waals surface area contributed by atoms with Crippen LogP contribution in [0.15, 0.2) is 33.9 Å². The molecule has 0 aliphatic rings. The summed E-state index contributed by atoms with van der Waals surface area (Å²) < 4.78 is 6.75. The summed E-state index contributed by atoms with van der Waals surface area (Å²) in [5.41, 5.74) is 0. The van der Waals surface area contributed by atoms with Gasteiger partial charge < -0.3 is 15.4 Å². The smallest absolute Gasteiger partial charge is 0.228 e. The second-order valence-corrected chi connectivity index (χ2v) is 7.22. The fourth-order valence-corrected chi connectivity index (χ4v) is 2.72. The number of nitrogens with one attached hydrogen (secondary N) is 2. The van der Waals surface area contributed by atoms with Crippen LogP contribution in [0.5, 0.6) is 5.75 Å². The van der Waals surface area contributed by atoms with Gasteiger partial charge in [-0.25, -0.2) is 0 Å². The molecule has 0 aliphatic carbocycles. The van der Waals surface area contributed by atoms with Crippen molar-refractivity contribution >= 4 is 39.6 Å². The van der Waals surface area contributed by atoms with Crippen molar-refractivity contribution in [3.8, 4) is 5.75 Å². The summed E-state index contributed by atoms with van der Waals surface area (Å²) in [6, 6.07) is 8.06. The zero-order valence-electron chi connectivity index (χ0n) is 14.0. The summed E-state index contributed by atoms with van der Waals surface area (Å²) in [5.74, 6) is 2.79. The molecule has 0 spiro atoms. The molecule has 24 heavy (non-hydrogen) atoms. The molecule has 0 amide bonds. The van der Waals surface area contributed by atoms with Crippen LogP contribution in [0.1, 0.15) is 20.8 Å². The van der Waals surface area contributed by atoms with Gasteiger partial charge in [-0.1, -0.05) is 27.7 Å². The third-order valence-corrected chi connectivity index (χ3v) is 4.10. The summed E-state index contributed by atoms with van der Waals surface area (Å²) in [6.45, 7) is 7.47. The van der Waals surface area contributed by atoms with E-state index in [1.54, 1.807) is 11.8 Å². The van der Waals surface area contributed by atoms with Crippen LogP contribution in [0, 0.1) is 0 Å². The number of halogens is 1. The monoisotopic (exact) mass is 411 g/mol. The molecular weight excluding hydrogens is 390 g/mol. The molecule has 2 rings (SSSR count). The van der Waals surface area contributed by atoms with Crippen molar-refractivity contribution in [1.29, 1.82) is 0 Å². The Balaban J connectivity index is 1.90. The maximum Gasteiger partial charge on any atom is 0.228 e. The number of aromatic nitrogens is 3. The number of hydrogen-bond acceptors (Lipinski definition) is 7. The largest absolute Gasteiger partial charge is 0.493 e. The second-order valence-electron chi connectivity index (χ2n) is 5.25. The SMILES string of the molecule is CCNc1nc(NC(C)C)nc(SCCOc2ccc(Br)cc2)n1. The van der Waals surface area contributed by atoms with Crippen molar-refractivity contribution in [2.75, 3.05) is 29.5 Å².